The van der Waals surface area contributed by atoms with E-state index in [1.165, 1.54) is 18.2 Å². The van der Waals surface area contributed by atoms with Gasteiger partial charge in [0.25, 0.3) is 5.89 Å². The molecule has 2 aromatic rings. The Morgan fingerprint density at radius 3 is 3.00 bits per heavy atom. The summed E-state index contributed by atoms with van der Waals surface area (Å²) < 4.78 is 4.96. The predicted octanol–water partition coefficient (Wildman–Crippen LogP) is 1.91. The number of hydrogen-bond donors (Lipinski definition) is 1. The first kappa shape index (κ1) is 8.07. The Kier molecular flexibility index (Phi) is 1.70. The van der Waals surface area contributed by atoms with E-state index in [0.717, 1.165) is 0 Å². The van der Waals surface area contributed by atoms with Gasteiger partial charge in [-0.25, -0.2) is 4.98 Å². The topological polar surface area (TPSA) is 63.3 Å². The third-order valence-electron chi connectivity index (χ3n) is 1.54. The molecule has 0 unspecified atom stereocenters. The van der Waals surface area contributed by atoms with Gasteiger partial charge in [0.05, 0.1) is 0 Å². The van der Waals surface area contributed by atoms with E-state index in [9.17, 15) is 4.79 Å². The molecular formula is C8H4ClNO3. The quantitative estimate of drug-likeness (QED) is 0.710. The number of nitrogens with zero attached hydrogens (tertiary/aromatic N) is 1. The molecule has 0 atom stereocenters. The van der Waals surface area contributed by atoms with Gasteiger partial charge in [0.1, 0.15) is 11.3 Å². The normalized spacial score (nSPS) is 10.5. The number of fused-ring (bicyclic) bond motifs is 1. The molecule has 1 aromatic carbocycles. The molecule has 1 aromatic heterocycles. The van der Waals surface area contributed by atoms with Gasteiger partial charge >= 0.3 is 5.24 Å². The largest absolute Gasteiger partial charge is 0.508 e. The van der Waals surface area contributed by atoms with Crippen LogP contribution in [0.25, 0.3) is 11.1 Å². The highest BCUT2D eigenvalue weighted by Gasteiger charge is 2.11. The van der Waals surface area contributed by atoms with E-state index in [4.69, 9.17) is 21.1 Å². The van der Waals surface area contributed by atoms with Crippen molar-refractivity contribution in [3.8, 4) is 5.75 Å². The molecule has 0 amide bonds. The van der Waals surface area contributed by atoms with Crippen molar-refractivity contribution in [3.05, 3.63) is 24.1 Å². The Balaban J connectivity index is 2.68. The summed E-state index contributed by atoms with van der Waals surface area (Å²) in [6, 6.07) is 4.36. The molecule has 0 spiro atoms. The molecular weight excluding hydrogens is 194 g/mol. The Labute approximate surface area is 77.8 Å². The maximum Gasteiger partial charge on any atom is 0.307 e. The summed E-state index contributed by atoms with van der Waals surface area (Å²) in [5.74, 6) is -0.112. The molecule has 0 aliphatic rings. The fourth-order valence-corrected chi connectivity index (χ4v) is 1.08. The van der Waals surface area contributed by atoms with Crippen molar-refractivity contribution in [1.29, 1.82) is 0 Å². The summed E-state index contributed by atoms with van der Waals surface area (Å²) in [5, 5.41) is 8.32. The second kappa shape index (κ2) is 2.74. The number of aromatic hydroxyl groups is 1. The summed E-state index contributed by atoms with van der Waals surface area (Å²) >= 11 is 5.16. The summed E-state index contributed by atoms with van der Waals surface area (Å²) in [4.78, 5) is 14.4. The van der Waals surface area contributed by atoms with Gasteiger partial charge in [-0.2, -0.15) is 0 Å². The van der Waals surface area contributed by atoms with Crippen molar-refractivity contribution in [2.24, 2.45) is 0 Å². The minimum absolute atomic E-state index is 0.0530. The van der Waals surface area contributed by atoms with E-state index in [0.29, 0.717) is 11.1 Å². The average molecular weight is 198 g/mol. The zero-order valence-corrected chi connectivity index (χ0v) is 7.08. The first-order valence-electron chi connectivity index (χ1n) is 3.46. The lowest BCUT2D eigenvalue weighted by Gasteiger charge is -1.87. The second-order valence-electron chi connectivity index (χ2n) is 2.44. The van der Waals surface area contributed by atoms with Crippen LogP contribution in [0.5, 0.6) is 5.75 Å². The zero-order valence-electron chi connectivity index (χ0n) is 6.32. The van der Waals surface area contributed by atoms with E-state index in [1.807, 2.05) is 0 Å². The molecule has 0 aliphatic carbocycles. The van der Waals surface area contributed by atoms with Crippen LogP contribution in [0, 0.1) is 0 Å². The van der Waals surface area contributed by atoms with Crippen molar-refractivity contribution in [2.75, 3.05) is 0 Å². The van der Waals surface area contributed by atoms with Crippen LogP contribution in [0.1, 0.15) is 10.7 Å². The molecule has 0 fully saturated rings. The summed E-state index contributed by atoms with van der Waals surface area (Å²) in [6.07, 6.45) is 0. The number of oxazole rings is 1. The predicted molar refractivity (Wildman–Crippen MR) is 45.9 cm³/mol. The molecule has 1 N–H and O–H groups in total. The van der Waals surface area contributed by atoms with Crippen LogP contribution < -0.4 is 0 Å². The number of carbonyl (C=O) groups is 1. The molecule has 13 heavy (non-hydrogen) atoms. The van der Waals surface area contributed by atoms with Gasteiger partial charge in [0.2, 0.25) is 0 Å². The van der Waals surface area contributed by atoms with Crippen molar-refractivity contribution in [2.45, 2.75) is 0 Å². The minimum atomic E-state index is -0.754. The second-order valence-corrected chi connectivity index (χ2v) is 2.79. The zero-order chi connectivity index (χ0) is 9.42. The van der Waals surface area contributed by atoms with Crippen LogP contribution >= 0.6 is 11.6 Å². The monoisotopic (exact) mass is 197 g/mol. The van der Waals surface area contributed by atoms with E-state index in [1.54, 1.807) is 0 Å². The Bertz CT molecular complexity index is 477. The molecule has 0 saturated carbocycles. The smallest absolute Gasteiger partial charge is 0.307 e. The molecule has 0 bridgehead atoms. The molecule has 1 heterocycles. The van der Waals surface area contributed by atoms with Crippen LogP contribution in [-0.2, 0) is 0 Å². The summed E-state index contributed by atoms with van der Waals surface area (Å²) in [7, 11) is 0. The molecule has 5 heteroatoms. The summed E-state index contributed by atoms with van der Waals surface area (Å²) in [5.41, 5.74) is 0.825. The molecule has 4 nitrogen and oxygen atoms in total. The van der Waals surface area contributed by atoms with Gasteiger partial charge < -0.3 is 9.52 Å². The maximum atomic E-state index is 10.6. The number of benzene rings is 1. The van der Waals surface area contributed by atoms with Crippen LogP contribution in [-0.4, -0.2) is 15.3 Å². The first-order valence-corrected chi connectivity index (χ1v) is 3.84. The Morgan fingerprint density at radius 2 is 2.31 bits per heavy atom. The number of rotatable bonds is 1. The number of phenolic OH excluding ortho intramolecular Hbond substituents is 1. The van der Waals surface area contributed by atoms with Gasteiger partial charge in [0, 0.05) is 6.07 Å². The molecule has 66 valence electrons. The average Bonchev–Trinajstić information content (AvgIpc) is 2.46. The van der Waals surface area contributed by atoms with E-state index >= 15 is 0 Å². The maximum absolute atomic E-state index is 10.6. The number of carbonyl (C=O) groups excluding carboxylic acids is 1. The lowest BCUT2D eigenvalue weighted by atomic mass is 10.3. The van der Waals surface area contributed by atoms with Crippen LogP contribution in [0.2, 0.25) is 0 Å². The number of aromatic nitrogens is 1. The minimum Gasteiger partial charge on any atom is -0.508 e. The van der Waals surface area contributed by atoms with Gasteiger partial charge in [0.15, 0.2) is 5.58 Å². The molecule has 2 rings (SSSR count). The van der Waals surface area contributed by atoms with Crippen LogP contribution in [0.4, 0.5) is 0 Å². The van der Waals surface area contributed by atoms with Crippen molar-refractivity contribution >= 4 is 27.9 Å². The lowest BCUT2D eigenvalue weighted by Crippen LogP contribution is -1.85. The fraction of sp³-hybridized carbons (Fsp3) is 0. The van der Waals surface area contributed by atoms with E-state index in [-0.39, 0.29) is 11.6 Å². The number of hydrogen-bond acceptors (Lipinski definition) is 4. The lowest BCUT2D eigenvalue weighted by molar-refractivity contribution is 0.105. The molecule has 0 saturated heterocycles. The fourth-order valence-electron chi connectivity index (χ4n) is 0.997. The summed E-state index contributed by atoms with van der Waals surface area (Å²) in [6.45, 7) is 0. The molecule has 0 radical (unpaired) electrons. The Hall–Kier alpha value is -1.55. The van der Waals surface area contributed by atoms with E-state index < -0.39 is 5.24 Å². The van der Waals surface area contributed by atoms with Crippen LogP contribution in [0.15, 0.2) is 22.6 Å². The molecule has 0 aliphatic heterocycles. The van der Waals surface area contributed by atoms with E-state index in [2.05, 4.69) is 4.98 Å². The first-order chi connectivity index (χ1) is 6.16. The van der Waals surface area contributed by atoms with Gasteiger partial charge in [-0.3, -0.25) is 4.79 Å². The van der Waals surface area contributed by atoms with Gasteiger partial charge in [-0.05, 0) is 23.7 Å². The standard InChI is InChI=1S/C8H4ClNO3/c9-7(12)8-10-5-2-1-4(11)3-6(5)13-8/h1-3,11H. The highest BCUT2D eigenvalue weighted by Crippen LogP contribution is 2.21. The third kappa shape index (κ3) is 1.36. The van der Waals surface area contributed by atoms with Gasteiger partial charge in [-0.1, -0.05) is 0 Å². The number of phenols is 1. The third-order valence-corrected chi connectivity index (χ3v) is 1.70. The van der Waals surface area contributed by atoms with Crippen LogP contribution in [0.3, 0.4) is 0 Å². The van der Waals surface area contributed by atoms with Crippen molar-refractivity contribution in [1.82, 2.24) is 4.98 Å². The highest BCUT2D eigenvalue weighted by atomic mass is 35.5. The van der Waals surface area contributed by atoms with Gasteiger partial charge in [-0.15, -0.1) is 0 Å². The van der Waals surface area contributed by atoms with Crippen molar-refractivity contribution < 1.29 is 14.3 Å². The van der Waals surface area contributed by atoms with Crippen molar-refractivity contribution in [3.63, 3.8) is 0 Å². The highest BCUT2D eigenvalue weighted by molar-refractivity contribution is 6.67. The SMILES string of the molecule is O=C(Cl)c1nc2ccc(O)cc2o1. The Morgan fingerprint density at radius 1 is 1.54 bits per heavy atom. The number of halogens is 1.